The summed E-state index contributed by atoms with van der Waals surface area (Å²) in [4.78, 5) is 18.1. The van der Waals surface area contributed by atoms with Gasteiger partial charge in [0.2, 0.25) is 5.91 Å². The van der Waals surface area contributed by atoms with Crippen molar-refractivity contribution in [2.45, 2.75) is 17.2 Å². The number of hydrogen-bond donors (Lipinski definition) is 1. The van der Waals surface area contributed by atoms with E-state index in [1.807, 2.05) is 78.9 Å². The van der Waals surface area contributed by atoms with Crippen LogP contribution < -0.4 is 19.5 Å². The van der Waals surface area contributed by atoms with Crippen molar-refractivity contribution in [2.24, 2.45) is 0 Å². The molecule has 8 heteroatoms. The Balaban J connectivity index is 1.44. The maximum atomic E-state index is 13.3. The summed E-state index contributed by atoms with van der Waals surface area (Å²) in [5.74, 6) is 2.22. The summed E-state index contributed by atoms with van der Waals surface area (Å²) in [7, 11) is 3.13. The predicted molar refractivity (Wildman–Crippen MR) is 170 cm³/mol. The standard InChI is InChI=1S/C35H29N3O4S/c1-23(34(39)37-25-17-19-27(20-18-25)42-26-13-8-5-9-14-26)43-35-30(22-36)29(21-31(38-35)24-11-6-4-7-12-24)28-15-10-16-32(40-2)33(28)41-3/h4-21,23H,1-3H3,(H,37,39). The van der Waals surface area contributed by atoms with Crippen molar-refractivity contribution < 1.29 is 19.0 Å². The van der Waals surface area contributed by atoms with Gasteiger partial charge < -0.3 is 19.5 Å². The van der Waals surface area contributed by atoms with E-state index >= 15 is 0 Å². The molecule has 0 radical (unpaired) electrons. The number of hydrogen-bond acceptors (Lipinski definition) is 7. The van der Waals surface area contributed by atoms with Crippen LogP contribution >= 0.6 is 11.8 Å². The third-order valence-corrected chi connectivity index (χ3v) is 7.71. The summed E-state index contributed by atoms with van der Waals surface area (Å²) in [5.41, 5.74) is 3.85. The van der Waals surface area contributed by atoms with Gasteiger partial charge in [-0.25, -0.2) is 4.98 Å². The molecule has 5 aromatic rings. The van der Waals surface area contributed by atoms with Crippen molar-refractivity contribution in [3.8, 4) is 51.5 Å². The van der Waals surface area contributed by atoms with Crippen molar-refractivity contribution in [3.63, 3.8) is 0 Å². The zero-order valence-electron chi connectivity index (χ0n) is 23.9. The second-order valence-electron chi connectivity index (χ2n) is 9.44. The van der Waals surface area contributed by atoms with E-state index in [-0.39, 0.29) is 5.91 Å². The number of thioether (sulfide) groups is 1. The normalized spacial score (nSPS) is 11.2. The topological polar surface area (TPSA) is 93.5 Å². The molecule has 1 N–H and O–H groups in total. The lowest BCUT2D eigenvalue weighted by molar-refractivity contribution is -0.115. The maximum Gasteiger partial charge on any atom is 0.237 e. The van der Waals surface area contributed by atoms with E-state index in [0.29, 0.717) is 50.3 Å². The van der Waals surface area contributed by atoms with Crippen molar-refractivity contribution in [3.05, 3.63) is 115 Å². The fraction of sp³-hybridized carbons (Fsp3) is 0.114. The largest absolute Gasteiger partial charge is 0.493 e. The number of anilines is 1. The number of ether oxygens (including phenoxy) is 3. The van der Waals surface area contributed by atoms with Gasteiger partial charge in [0.1, 0.15) is 22.6 Å². The third kappa shape index (κ3) is 6.80. The van der Waals surface area contributed by atoms with E-state index in [4.69, 9.17) is 19.2 Å². The number of rotatable bonds is 10. The quantitative estimate of drug-likeness (QED) is 0.165. The van der Waals surface area contributed by atoms with Gasteiger partial charge in [-0.1, -0.05) is 72.4 Å². The van der Waals surface area contributed by atoms with E-state index < -0.39 is 5.25 Å². The molecule has 1 aromatic heterocycles. The first-order valence-electron chi connectivity index (χ1n) is 13.5. The number of para-hydroxylation sites is 2. The smallest absolute Gasteiger partial charge is 0.237 e. The van der Waals surface area contributed by atoms with Crippen LogP contribution in [0.15, 0.2) is 114 Å². The highest BCUT2D eigenvalue weighted by Gasteiger charge is 2.24. The molecule has 7 nitrogen and oxygen atoms in total. The number of pyridine rings is 1. The van der Waals surface area contributed by atoms with Crippen molar-refractivity contribution in [1.82, 2.24) is 4.98 Å². The first-order valence-corrected chi connectivity index (χ1v) is 14.4. The van der Waals surface area contributed by atoms with Crippen LogP contribution in [0.4, 0.5) is 5.69 Å². The van der Waals surface area contributed by atoms with Gasteiger partial charge in [0, 0.05) is 22.4 Å². The zero-order chi connectivity index (χ0) is 30.2. The number of nitrogens with zero attached hydrogens (tertiary/aromatic N) is 2. The van der Waals surface area contributed by atoms with Gasteiger partial charge in [-0.15, -0.1) is 0 Å². The highest BCUT2D eigenvalue weighted by atomic mass is 32.2. The van der Waals surface area contributed by atoms with Crippen LogP contribution in [0, 0.1) is 11.3 Å². The Morgan fingerprint density at radius 3 is 2.16 bits per heavy atom. The Hall–Kier alpha value is -5.26. The summed E-state index contributed by atoms with van der Waals surface area (Å²) >= 11 is 1.23. The van der Waals surface area contributed by atoms with Gasteiger partial charge in [0.15, 0.2) is 11.5 Å². The zero-order valence-corrected chi connectivity index (χ0v) is 24.7. The molecule has 0 spiro atoms. The van der Waals surface area contributed by atoms with Gasteiger partial charge in [-0.05, 0) is 55.5 Å². The molecule has 0 fully saturated rings. The number of methoxy groups -OCH3 is 2. The molecular weight excluding hydrogens is 558 g/mol. The Morgan fingerprint density at radius 2 is 1.51 bits per heavy atom. The number of benzene rings is 4. The molecule has 1 unspecified atom stereocenters. The number of amides is 1. The Bertz CT molecular complexity index is 1750. The predicted octanol–water partition coefficient (Wildman–Crippen LogP) is 8.22. The van der Waals surface area contributed by atoms with Crippen LogP contribution in [0.25, 0.3) is 22.4 Å². The number of aromatic nitrogens is 1. The molecule has 1 amide bonds. The van der Waals surface area contributed by atoms with Crippen LogP contribution in [-0.4, -0.2) is 30.4 Å². The minimum absolute atomic E-state index is 0.224. The number of nitriles is 1. The highest BCUT2D eigenvalue weighted by Crippen LogP contribution is 2.42. The molecule has 1 heterocycles. The monoisotopic (exact) mass is 587 g/mol. The fourth-order valence-electron chi connectivity index (χ4n) is 4.48. The fourth-order valence-corrected chi connectivity index (χ4v) is 5.40. The lowest BCUT2D eigenvalue weighted by Gasteiger charge is -2.18. The second kappa shape index (κ2) is 13.6. The SMILES string of the molecule is COc1cccc(-c2cc(-c3ccccc3)nc(SC(C)C(=O)Nc3ccc(Oc4ccccc4)cc3)c2C#N)c1OC. The molecule has 5 rings (SSSR count). The molecular formula is C35H29N3O4S. The number of carbonyl (C=O) groups is 1. The minimum atomic E-state index is -0.564. The van der Waals surface area contributed by atoms with Crippen LogP contribution in [0.5, 0.6) is 23.0 Å². The van der Waals surface area contributed by atoms with E-state index in [9.17, 15) is 10.1 Å². The summed E-state index contributed by atoms with van der Waals surface area (Å²) in [5, 5.41) is 13.2. The van der Waals surface area contributed by atoms with Crippen LogP contribution in [0.2, 0.25) is 0 Å². The third-order valence-electron chi connectivity index (χ3n) is 6.62. The Kier molecular flexibility index (Phi) is 9.25. The molecule has 0 aliphatic heterocycles. The molecule has 43 heavy (non-hydrogen) atoms. The van der Waals surface area contributed by atoms with E-state index in [2.05, 4.69) is 11.4 Å². The molecule has 0 saturated carbocycles. The van der Waals surface area contributed by atoms with E-state index in [1.165, 1.54) is 11.8 Å². The van der Waals surface area contributed by atoms with Crippen molar-refractivity contribution in [1.29, 1.82) is 5.26 Å². The molecule has 4 aromatic carbocycles. The van der Waals surface area contributed by atoms with Crippen LogP contribution in [0.1, 0.15) is 12.5 Å². The van der Waals surface area contributed by atoms with E-state index in [1.54, 1.807) is 51.5 Å². The Labute approximate surface area is 255 Å². The van der Waals surface area contributed by atoms with Crippen molar-refractivity contribution in [2.75, 3.05) is 19.5 Å². The van der Waals surface area contributed by atoms with E-state index in [0.717, 1.165) is 11.3 Å². The van der Waals surface area contributed by atoms with Crippen molar-refractivity contribution >= 4 is 23.4 Å². The summed E-state index contributed by atoms with van der Waals surface area (Å²) in [6, 6.07) is 36.1. The number of carbonyl (C=O) groups excluding carboxylic acids is 1. The van der Waals surface area contributed by atoms with Gasteiger partial charge in [-0.3, -0.25) is 4.79 Å². The van der Waals surface area contributed by atoms with Gasteiger partial charge >= 0.3 is 0 Å². The van der Waals surface area contributed by atoms with Gasteiger partial charge in [0.05, 0.1) is 30.7 Å². The average Bonchev–Trinajstić information content (AvgIpc) is 3.05. The summed E-state index contributed by atoms with van der Waals surface area (Å²) in [6.45, 7) is 1.79. The van der Waals surface area contributed by atoms with Gasteiger partial charge in [0.25, 0.3) is 0 Å². The molecule has 0 aliphatic rings. The molecule has 0 saturated heterocycles. The minimum Gasteiger partial charge on any atom is -0.493 e. The van der Waals surface area contributed by atoms with Crippen LogP contribution in [-0.2, 0) is 4.79 Å². The van der Waals surface area contributed by atoms with Gasteiger partial charge in [-0.2, -0.15) is 5.26 Å². The first-order chi connectivity index (χ1) is 21.0. The molecule has 1 atom stereocenters. The highest BCUT2D eigenvalue weighted by molar-refractivity contribution is 8.00. The molecule has 0 aliphatic carbocycles. The first kappa shape index (κ1) is 29.2. The summed E-state index contributed by atoms with van der Waals surface area (Å²) in [6.07, 6.45) is 0. The Morgan fingerprint density at radius 1 is 0.837 bits per heavy atom. The summed E-state index contributed by atoms with van der Waals surface area (Å²) < 4.78 is 17.1. The molecule has 214 valence electrons. The second-order valence-corrected chi connectivity index (χ2v) is 10.8. The molecule has 0 bridgehead atoms. The maximum absolute atomic E-state index is 13.3. The average molecular weight is 588 g/mol. The van der Waals surface area contributed by atoms with Crippen LogP contribution in [0.3, 0.4) is 0 Å². The lowest BCUT2D eigenvalue weighted by Crippen LogP contribution is -2.22. The number of nitrogens with one attached hydrogen (secondary N) is 1. The lowest BCUT2D eigenvalue weighted by atomic mass is 9.98.